The maximum atomic E-state index is 14.8. The number of phenolic OH excluding ortho intramolecular Hbond substituents is 2. The number of nitrogens with one attached hydrogen (secondary N) is 1. The van der Waals surface area contributed by atoms with Crippen molar-refractivity contribution < 1.29 is 77.4 Å². The first kappa shape index (κ1) is 58.3. The molecule has 9 atom stereocenters. The van der Waals surface area contributed by atoms with E-state index in [9.17, 15) is 63.2 Å². The van der Waals surface area contributed by atoms with Gasteiger partial charge in [-0.25, -0.2) is 4.99 Å². The highest BCUT2D eigenvalue weighted by Gasteiger charge is 2.51. The van der Waals surface area contributed by atoms with Crippen molar-refractivity contribution >= 4 is 55.2 Å². The summed E-state index contributed by atoms with van der Waals surface area (Å²) in [5, 5.41) is 37.0. The normalized spacial score (nSPS) is 29.5. The molecule has 1 fully saturated rings. The quantitative estimate of drug-likeness (QED) is 0.0914. The van der Waals surface area contributed by atoms with E-state index in [0.29, 0.717) is 37.5 Å². The number of likely N-dealkylation sites (N-methyl/N-ethyl adjacent to an activating group) is 1. The molecule has 0 unspecified atom stereocenters. The number of ketones is 1. The van der Waals surface area contributed by atoms with Gasteiger partial charge in [0, 0.05) is 74.8 Å². The third kappa shape index (κ3) is 11.8. The fraction of sp³-hybridized carbons (Fsp3) is 0.608. The van der Waals surface area contributed by atoms with Gasteiger partial charge in [-0.05, 0) is 49.5 Å². The Morgan fingerprint density at radius 1 is 0.905 bits per heavy atom. The van der Waals surface area contributed by atoms with Gasteiger partial charge in [-0.3, -0.25) is 33.3 Å². The number of aromatic hydroxyl groups is 2. The monoisotopic (exact) mass is 1070 g/mol. The summed E-state index contributed by atoms with van der Waals surface area (Å²) in [4.78, 5) is 106. The highest BCUT2D eigenvalue weighted by molar-refractivity contribution is 7.70. The summed E-state index contributed by atoms with van der Waals surface area (Å²) in [6.45, 7) is 21.4. The number of likely N-dealkylation sites (tertiary alicyclic amines) is 1. The van der Waals surface area contributed by atoms with Gasteiger partial charge in [-0.1, -0.05) is 73.6 Å². The van der Waals surface area contributed by atoms with E-state index in [1.54, 1.807) is 32.9 Å². The Labute approximate surface area is 430 Å². The van der Waals surface area contributed by atoms with E-state index in [0.717, 1.165) is 18.5 Å². The number of rotatable bonds is 9. The van der Waals surface area contributed by atoms with Crippen LogP contribution in [0.3, 0.4) is 0 Å². The Morgan fingerprint density at radius 2 is 1.53 bits per heavy atom. The van der Waals surface area contributed by atoms with E-state index >= 15 is 0 Å². The number of allylic oxidation sites excluding steroid dienone is 3. The number of amides is 2. The van der Waals surface area contributed by atoms with Crippen LogP contribution in [0.2, 0.25) is 0 Å². The zero-order valence-electron chi connectivity index (χ0n) is 44.1. The molecule has 5 aliphatic rings. The van der Waals surface area contributed by atoms with E-state index in [-0.39, 0.29) is 61.7 Å². The highest BCUT2D eigenvalue weighted by atomic mass is 31.2. The summed E-state index contributed by atoms with van der Waals surface area (Å²) in [6, 6.07) is 0. The lowest BCUT2D eigenvalue weighted by Crippen LogP contribution is -2.47. The average Bonchev–Trinajstić information content (AvgIpc) is 3.81. The van der Waals surface area contributed by atoms with Crippen molar-refractivity contribution in [3.05, 3.63) is 58.0 Å². The number of carbonyl (C=O) groups excluding carboxylic acids is 4. The lowest BCUT2D eigenvalue weighted by atomic mass is 9.72. The lowest BCUT2D eigenvalue weighted by molar-refractivity contribution is -0.160. The molecule has 408 valence electrons. The van der Waals surface area contributed by atoms with Crippen LogP contribution in [0.5, 0.6) is 17.2 Å². The van der Waals surface area contributed by atoms with Crippen molar-refractivity contribution in [2.45, 2.75) is 124 Å². The first-order valence-corrected chi connectivity index (χ1v) is 28.3. The van der Waals surface area contributed by atoms with Gasteiger partial charge in [0.2, 0.25) is 5.91 Å². The molecular formula is C51H73N5O16P2. The van der Waals surface area contributed by atoms with Gasteiger partial charge < -0.3 is 64.2 Å². The molecule has 8 N–H and O–H groups in total. The fourth-order valence-electron chi connectivity index (χ4n) is 10.4. The maximum absolute atomic E-state index is 14.8. The van der Waals surface area contributed by atoms with Gasteiger partial charge in [0.25, 0.3) is 11.7 Å². The molecule has 1 spiro atoms. The molecule has 1 saturated heterocycles. The van der Waals surface area contributed by atoms with Gasteiger partial charge >= 0.3 is 26.9 Å². The number of esters is 1. The van der Waals surface area contributed by atoms with Crippen LogP contribution in [-0.4, -0.2) is 131 Å². The van der Waals surface area contributed by atoms with Crippen molar-refractivity contribution in [2.75, 3.05) is 38.5 Å². The van der Waals surface area contributed by atoms with Crippen molar-refractivity contribution in [2.24, 2.45) is 51.4 Å². The number of nitrogens with zero attached hydrogens (tertiary/aromatic N) is 4. The third-order valence-corrected chi connectivity index (χ3v) is 19.3. The number of aliphatic hydroxyl groups excluding tert-OH is 1. The van der Waals surface area contributed by atoms with Crippen molar-refractivity contribution in [1.29, 1.82) is 0 Å². The molecule has 5 heterocycles. The second-order valence-electron chi connectivity index (χ2n) is 21.5. The van der Waals surface area contributed by atoms with Crippen LogP contribution in [0.15, 0.2) is 46.1 Å². The molecule has 74 heavy (non-hydrogen) atoms. The molecule has 2 aromatic rings. The number of benzene rings is 2. The lowest BCUT2D eigenvalue weighted by Gasteiger charge is -2.38. The van der Waals surface area contributed by atoms with Crippen molar-refractivity contribution in [3.63, 3.8) is 0 Å². The Bertz CT molecular complexity index is 2860. The van der Waals surface area contributed by atoms with Crippen molar-refractivity contribution in [3.8, 4) is 17.2 Å². The zero-order chi connectivity index (χ0) is 55.3. The smallest absolute Gasteiger partial charge is 0.341 e. The minimum atomic E-state index is -5.45. The van der Waals surface area contributed by atoms with Gasteiger partial charge in [0.05, 0.1) is 35.4 Å². The summed E-state index contributed by atoms with van der Waals surface area (Å²) in [5.74, 6) is -8.34. The molecule has 21 nitrogen and oxygen atoms in total. The van der Waals surface area contributed by atoms with Crippen molar-refractivity contribution in [1.82, 2.24) is 9.80 Å². The van der Waals surface area contributed by atoms with Crippen LogP contribution in [0.25, 0.3) is 10.8 Å². The molecule has 2 aromatic carbocycles. The van der Waals surface area contributed by atoms with Gasteiger partial charge in [-0.15, -0.1) is 0 Å². The number of hydrogen-bond donors (Lipinski definition) is 8. The number of Topliss-reactive ketones (excluding diaryl/α,β-unsaturated/α-hetero) is 1. The minimum absolute atomic E-state index is 0.0587. The number of carbonyl (C=O) groups is 4. The van der Waals surface area contributed by atoms with Gasteiger partial charge in [-0.2, -0.15) is 0 Å². The standard InChI is InChI=1S/C51H73N5O16P2/c1-25(2)23-56-19-17-51(18-20-56)53-40-37-38-44(60)33(10)47-39(37)48(62)50(11,72-47)70-21-16-26(3)29(6)30(7)31(8)43(59)32(9)46(27(4)14-13-15-28(5)49(63)52-42(45(38)61)41(40)54-51)71-35(58)24-55(12)34(57)22-36(73(64,65)66)74(67,68)69/h13-16,21,25-27,29-32,36,43,46,53,59-61H,17-20,22-24H2,1-12H3,(H2,64,65,66)(H2,67,68,69)/b14-13+,21-16+,28-15-,52-42?/t26-,27-,29+,30+,31-,32-,43-,46-,50-/m0/s1. The van der Waals surface area contributed by atoms with E-state index in [1.165, 1.54) is 32.3 Å². The number of anilines is 1. The molecule has 7 rings (SSSR count). The molecule has 0 aliphatic carbocycles. The van der Waals surface area contributed by atoms with Gasteiger partial charge in [0.15, 0.2) is 11.1 Å². The molecule has 0 saturated carbocycles. The summed E-state index contributed by atoms with van der Waals surface area (Å²) in [7, 11) is -9.80. The minimum Gasteiger partial charge on any atom is -0.507 e. The Morgan fingerprint density at radius 3 is 2.12 bits per heavy atom. The maximum Gasteiger partial charge on any atom is 0.341 e. The third-order valence-electron chi connectivity index (χ3n) is 15.5. The number of piperidine rings is 1. The summed E-state index contributed by atoms with van der Waals surface area (Å²) >= 11 is 0. The van der Waals surface area contributed by atoms with Crippen LogP contribution in [0.4, 0.5) is 5.69 Å². The second-order valence-corrected chi connectivity index (χ2v) is 25.5. The molecule has 5 aliphatic heterocycles. The van der Waals surface area contributed by atoms with Crippen LogP contribution in [0, 0.1) is 48.3 Å². The fourth-order valence-corrected chi connectivity index (χ4v) is 12.8. The Balaban J connectivity index is 1.45. The van der Waals surface area contributed by atoms with Crippen LogP contribution < -0.4 is 20.8 Å². The predicted octanol–water partition coefficient (Wildman–Crippen LogP) is 5.16. The van der Waals surface area contributed by atoms with E-state index in [1.807, 2.05) is 27.7 Å². The molecule has 2 amide bonds. The summed E-state index contributed by atoms with van der Waals surface area (Å²) < 4.78 is 42.2. The van der Waals surface area contributed by atoms with E-state index in [2.05, 4.69) is 29.1 Å². The first-order valence-electron chi connectivity index (χ1n) is 25.0. The Kier molecular flexibility index (Phi) is 17.3. The van der Waals surface area contributed by atoms with Crippen LogP contribution in [0.1, 0.15) is 104 Å². The molecule has 0 radical (unpaired) electrons. The highest BCUT2D eigenvalue weighted by Crippen LogP contribution is 2.61. The number of ether oxygens (including phenoxy) is 3. The number of phenols is 2. The first-order chi connectivity index (χ1) is 34.2. The topological polar surface area (TPSA) is 315 Å². The van der Waals surface area contributed by atoms with E-state index in [4.69, 9.17) is 19.2 Å². The molecule has 23 heteroatoms. The average molecular weight is 1070 g/mol. The molecular weight excluding hydrogens is 1000 g/mol. The summed E-state index contributed by atoms with van der Waals surface area (Å²) in [5.41, 5.74) is -0.321. The number of aliphatic hydroxyl groups is 1. The van der Waals surface area contributed by atoms with Gasteiger partial charge in [0.1, 0.15) is 40.5 Å². The summed E-state index contributed by atoms with van der Waals surface area (Å²) in [6.07, 6.45) is 5.40. The van der Waals surface area contributed by atoms with E-state index < -0.39 is 110 Å². The largest absolute Gasteiger partial charge is 0.507 e. The second kappa shape index (κ2) is 21.9. The number of hydrogen-bond acceptors (Lipinski definition) is 15. The van der Waals surface area contributed by atoms with Crippen LogP contribution >= 0.6 is 15.2 Å². The molecule has 0 aromatic heterocycles. The number of fused-ring (bicyclic) bond motifs is 13. The predicted molar refractivity (Wildman–Crippen MR) is 274 cm³/mol. The SMILES string of the molecule is C/C1=C/C=C/[C@H](C)[C@H](OC(=O)CN(C)C(=O)CC(P(=O)(O)O)P(=O)(O)O)[C@@H](C)[C@@H](O)[C@@H](C)[C@H](C)[C@H](C)[C@@H](C)/C=C/O[C@@]2(C)Oc3c(C)c(O)c4c(O)c(c5c(c4c3C2=O)NC2(CCN(CC(C)C)CC2)N=5)=NC1=O. The zero-order valence-corrected chi connectivity index (χ0v) is 45.9. The molecule has 5 bridgehead atoms. The van der Waals surface area contributed by atoms with Crippen LogP contribution in [-0.2, 0) is 33.0 Å². The Hall–Kier alpha value is -4.98.